The number of benzene rings is 2. The van der Waals surface area contributed by atoms with E-state index in [9.17, 15) is 18.0 Å². The molecule has 0 unspecified atom stereocenters. The van der Waals surface area contributed by atoms with Crippen molar-refractivity contribution in [3.8, 4) is 0 Å². The summed E-state index contributed by atoms with van der Waals surface area (Å²) in [6, 6.07) is 12.2. The Morgan fingerprint density at radius 2 is 1.79 bits per heavy atom. The molecule has 1 atom stereocenters. The Labute approximate surface area is 169 Å². The standard InChI is InChI=1S/C20H22N4O4S/c1-3-12-21-20(26)14-8-4-6-10-16(14)23-19(25)13(2)22-18-15-9-5-7-11-17(15)29(27,28)24-18/h4-11,13H,3,12H2,1-2H3,(H,21,26)(H,22,24)(H,23,25)/t13-/m1/s1. The van der Waals surface area contributed by atoms with Crippen LogP contribution in [0.2, 0.25) is 0 Å². The number of rotatable bonds is 6. The number of nitrogens with zero attached hydrogens (tertiary/aromatic N) is 1. The SMILES string of the molecule is CCCNC(=O)c1ccccc1NC(=O)[C@@H](C)N=C1NS(=O)(=O)c2ccccc21. The molecule has 0 aromatic heterocycles. The second kappa shape index (κ2) is 8.44. The van der Waals surface area contributed by atoms with E-state index < -0.39 is 22.0 Å². The molecule has 0 spiro atoms. The van der Waals surface area contributed by atoms with Gasteiger partial charge < -0.3 is 10.6 Å². The molecule has 0 fully saturated rings. The monoisotopic (exact) mass is 414 g/mol. The van der Waals surface area contributed by atoms with Gasteiger partial charge in [0.1, 0.15) is 11.9 Å². The summed E-state index contributed by atoms with van der Waals surface area (Å²) in [5.41, 5.74) is 1.14. The molecule has 8 nitrogen and oxygen atoms in total. The second-order valence-corrected chi connectivity index (χ2v) is 8.20. The molecule has 2 aromatic carbocycles. The summed E-state index contributed by atoms with van der Waals surface area (Å²) >= 11 is 0. The molecule has 0 bridgehead atoms. The van der Waals surface area contributed by atoms with Crippen molar-refractivity contribution in [3.63, 3.8) is 0 Å². The molecule has 0 saturated heterocycles. The molecule has 3 rings (SSSR count). The number of amidine groups is 1. The highest BCUT2D eigenvalue weighted by molar-refractivity contribution is 7.90. The molecule has 9 heteroatoms. The molecule has 152 valence electrons. The number of nitrogens with one attached hydrogen (secondary N) is 3. The third-order valence-electron chi connectivity index (χ3n) is 4.33. The van der Waals surface area contributed by atoms with Crippen LogP contribution in [0.1, 0.15) is 36.2 Å². The van der Waals surface area contributed by atoms with Crippen LogP contribution >= 0.6 is 0 Å². The molecule has 1 heterocycles. The minimum Gasteiger partial charge on any atom is -0.352 e. The molecule has 0 radical (unpaired) electrons. The van der Waals surface area contributed by atoms with E-state index in [0.717, 1.165) is 6.42 Å². The quantitative estimate of drug-likeness (QED) is 0.669. The van der Waals surface area contributed by atoms with Crippen molar-refractivity contribution in [2.75, 3.05) is 11.9 Å². The first-order chi connectivity index (χ1) is 13.8. The molecule has 1 aliphatic heterocycles. The summed E-state index contributed by atoms with van der Waals surface area (Å²) in [5.74, 6) is -0.617. The number of carbonyl (C=O) groups is 2. The topological polar surface area (TPSA) is 117 Å². The zero-order valence-electron chi connectivity index (χ0n) is 16.1. The Kier molecular flexibility index (Phi) is 5.97. The van der Waals surface area contributed by atoms with Crippen LogP contribution in [0.15, 0.2) is 58.4 Å². The lowest BCUT2D eigenvalue weighted by Crippen LogP contribution is -2.30. The summed E-state index contributed by atoms with van der Waals surface area (Å²) < 4.78 is 26.7. The summed E-state index contributed by atoms with van der Waals surface area (Å²) in [6.45, 7) is 4.03. The zero-order chi connectivity index (χ0) is 21.0. The number of aliphatic imine (C=N–C) groups is 1. The van der Waals surface area contributed by atoms with E-state index in [2.05, 4.69) is 20.3 Å². The highest BCUT2D eigenvalue weighted by Gasteiger charge is 2.31. The van der Waals surface area contributed by atoms with E-state index in [1.54, 1.807) is 49.4 Å². The Morgan fingerprint density at radius 3 is 2.55 bits per heavy atom. The Hall–Kier alpha value is -3.20. The maximum Gasteiger partial charge on any atom is 0.263 e. The number of sulfonamides is 1. The predicted octanol–water partition coefficient (Wildman–Crippen LogP) is 1.89. The average Bonchev–Trinajstić information content (AvgIpc) is 2.96. The van der Waals surface area contributed by atoms with Gasteiger partial charge in [0.15, 0.2) is 0 Å². The van der Waals surface area contributed by atoms with Gasteiger partial charge in [-0.15, -0.1) is 0 Å². The van der Waals surface area contributed by atoms with Gasteiger partial charge in [0.2, 0.25) is 5.91 Å². The average molecular weight is 414 g/mol. The number of hydrogen-bond donors (Lipinski definition) is 3. The van der Waals surface area contributed by atoms with Crippen molar-refractivity contribution in [1.82, 2.24) is 10.0 Å². The second-order valence-electron chi connectivity index (χ2n) is 6.55. The minimum absolute atomic E-state index is 0.122. The molecular formula is C20H22N4O4S. The molecule has 0 aliphatic carbocycles. The van der Waals surface area contributed by atoms with Gasteiger partial charge in [-0.2, -0.15) is 0 Å². The number of hydrogen-bond acceptors (Lipinski definition) is 5. The van der Waals surface area contributed by atoms with Crippen molar-refractivity contribution >= 4 is 33.4 Å². The van der Waals surface area contributed by atoms with Gasteiger partial charge in [-0.25, -0.2) is 8.42 Å². The van der Waals surface area contributed by atoms with E-state index in [0.29, 0.717) is 23.4 Å². The molecule has 1 aliphatic rings. The zero-order valence-corrected chi connectivity index (χ0v) is 16.9. The van der Waals surface area contributed by atoms with E-state index in [4.69, 9.17) is 0 Å². The highest BCUT2D eigenvalue weighted by atomic mass is 32.2. The molecular weight excluding hydrogens is 392 g/mol. The van der Waals surface area contributed by atoms with Gasteiger partial charge in [-0.05, 0) is 37.6 Å². The highest BCUT2D eigenvalue weighted by Crippen LogP contribution is 2.23. The lowest BCUT2D eigenvalue weighted by molar-refractivity contribution is -0.117. The van der Waals surface area contributed by atoms with Crippen LogP contribution in [0.3, 0.4) is 0 Å². The van der Waals surface area contributed by atoms with Crippen LogP contribution in [-0.2, 0) is 14.8 Å². The lowest BCUT2D eigenvalue weighted by Gasteiger charge is -2.13. The van der Waals surface area contributed by atoms with E-state index in [1.807, 2.05) is 6.92 Å². The number of carbonyl (C=O) groups excluding carboxylic acids is 2. The summed E-state index contributed by atoms with van der Waals surface area (Å²) in [6.07, 6.45) is 0.798. The maximum absolute atomic E-state index is 12.6. The number of amides is 2. The van der Waals surface area contributed by atoms with Crippen molar-refractivity contribution in [2.45, 2.75) is 31.2 Å². The first-order valence-corrected chi connectivity index (χ1v) is 10.7. The largest absolute Gasteiger partial charge is 0.352 e. The van der Waals surface area contributed by atoms with Gasteiger partial charge in [0.05, 0.1) is 16.1 Å². The molecule has 3 N–H and O–H groups in total. The first-order valence-electron chi connectivity index (χ1n) is 9.21. The Morgan fingerprint density at radius 1 is 1.10 bits per heavy atom. The third kappa shape index (κ3) is 4.45. The normalized spacial score (nSPS) is 16.6. The lowest BCUT2D eigenvalue weighted by atomic mass is 10.1. The molecule has 2 amide bonds. The predicted molar refractivity (Wildman–Crippen MR) is 110 cm³/mol. The fourth-order valence-electron chi connectivity index (χ4n) is 2.84. The third-order valence-corrected chi connectivity index (χ3v) is 5.73. The first kappa shape index (κ1) is 20.5. The Balaban J connectivity index is 1.80. The number of para-hydroxylation sites is 1. The summed E-state index contributed by atoms with van der Waals surface area (Å²) in [7, 11) is -3.68. The van der Waals surface area contributed by atoms with Crippen molar-refractivity contribution in [3.05, 3.63) is 59.7 Å². The molecule has 2 aromatic rings. The van der Waals surface area contributed by atoms with Crippen LogP contribution < -0.4 is 15.4 Å². The summed E-state index contributed by atoms with van der Waals surface area (Å²) in [4.78, 5) is 29.3. The fraction of sp³-hybridized carbons (Fsp3) is 0.250. The van der Waals surface area contributed by atoms with Crippen molar-refractivity contribution in [1.29, 1.82) is 0 Å². The van der Waals surface area contributed by atoms with Crippen LogP contribution in [0.25, 0.3) is 0 Å². The van der Waals surface area contributed by atoms with Crippen molar-refractivity contribution in [2.24, 2.45) is 4.99 Å². The summed E-state index contributed by atoms with van der Waals surface area (Å²) in [5, 5.41) is 5.48. The maximum atomic E-state index is 12.6. The number of fused-ring (bicyclic) bond motifs is 1. The van der Waals surface area contributed by atoms with E-state index in [-0.39, 0.29) is 16.6 Å². The van der Waals surface area contributed by atoms with Gasteiger partial charge in [0, 0.05) is 12.1 Å². The van der Waals surface area contributed by atoms with Gasteiger partial charge in [-0.1, -0.05) is 31.2 Å². The van der Waals surface area contributed by atoms with E-state index >= 15 is 0 Å². The van der Waals surface area contributed by atoms with Crippen molar-refractivity contribution < 1.29 is 18.0 Å². The Bertz CT molecular complexity index is 1080. The van der Waals surface area contributed by atoms with Crippen LogP contribution in [0, 0.1) is 0 Å². The smallest absolute Gasteiger partial charge is 0.263 e. The van der Waals surface area contributed by atoms with Gasteiger partial charge in [-0.3, -0.25) is 19.3 Å². The minimum atomic E-state index is -3.68. The fourth-order valence-corrected chi connectivity index (χ4v) is 4.08. The number of anilines is 1. The van der Waals surface area contributed by atoms with E-state index in [1.165, 1.54) is 6.07 Å². The molecule has 0 saturated carbocycles. The van der Waals surface area contributed by atoms with Crippen LogP contribution in [-0.4, -0.2) is 38.7 Å². The van der Waals surface area contributed by atoms with Gasteiger partial charge in [0.25, 0.3) is 15.9 Å². The van der Waals surface area contributed by atoms with Crippen LogP contribution in [0.4, 0.5) is 5.69 Å². The van der Waals surface area contributed by atoms with Crippen LogP contribution in [0.5, 0.6) is 0 Å². The molecule has 29 heavy (non-hydrogen) atoms. The van der Waals surface area contributed by atoms with Gasteiger partial charge >= 0.3 is 0 Å².